The summed E-state index contributed by atoms with van der Waals surface area (Å²) in [6.45, 7) is 3.79. The number of alkyl carbamates (subject to hydrolysis) is 1. The van der Waals surface area contributed by atoms with E-state index in [1.54, 1.807) is 18.2 Å². The third-order valence-electron chi connectivity index (χ3n) is 4.57. The first-order chi connectivity index (χ1) is 14.8. The zero-order valence-electron chi connectivity index (χ0n) is 17.6. The van der Waals surface area contributed by atoms with E-state index in [1.165, 1.54) is 18.2 Å². The number of amides is 3. The maximum Gasteiger partial charge on any atom is 0.408 e. The van der Waals surface area contributed by atoms with Crippen LogP contribution in [0, 0.1) is 11.7 Å². The molecule has 31 heavy (non-hydrogen) atoms. The SMILES string of the molecule is CC(C)C[C@H](NC(=O)[C@H](Cc1ccccc1F)NC(=O)OCc1ccccc1)C(N)=O. The van der Waals surface area contributed by atoms with E-state index in [2.05, 4.69) is 10.6 Å². The van der Waals surface area contributed by atoms with Crippen LogP contribution in [0.5, 0.6) is 0 Å². The van der Waals surface area contributed by atoms with Crippen LogP contribution in [0.4, 0.5) is 9.18 Å². The molecule has 0 unspecified atom stereocenters. The van der Waals surface area contributed by atoms with Crippen LogP contribution in [0.1, 0.15) is 31.4 Å². The van der Waals surface area contributed by atoms with Crippen LogP contribution in [0.2, 0.25) is 0 Å². The first kappa shape index (κ1) is 23.9. The van der Waals surface area contributed by atoms with Gasteiger partial charge in [-0.25, -0.2) is 9.18 Å². The number of rotatable bonds is 10. The third-order valence-corrected chi connectivity index (χ3v) is 4.57. The molecule has 0 saturated heterocycles. The monoisotopic (exact) mass is 429 g/mol. The van der Waals surface area contributed by atoms with Gasteiger partial charge in [0.05, 0.1) is 0 Å². The Balaban J connectivity index is 2.11. The zero-order chi connectivity index (χ0) is 22.8. The predicted octanol–water partition coefficient (Wildman–Crippen LogP) is 2.68. The summed E-state index contributed by atoms with van der Waals surface area (Å²) in [5, 5.41) is 5.03. The van der Waals surface area contributed by atoms with Crippen molar-refractivity contribution in [3.63, 3.8) is 0 Å². The van der Waals surface area contributed by atoms with Gasteiger partial charge in [-0.1, -0.05) is 62.4 Å². The lowest BCUT2D eigenvalue weighted by atomic mass is 10.0. The van der Waals surface area contributed by atoms with E-state index in [4.69, 9.17) is 10.5 Å². The Morgan fingerprint density at radius 3 is 2.23 bits per heavy atom. The Morgan fingerprint density at radius 2 is 1.61 bits per heavy atom. The number of ether oxygens (including phenoxy) is 1. The van der Waals surface area contributed by atoms with E-state index in [0.29, 0.717) is 6.42 Å². The molecule has 7 nitrogen and oxygen atoms in total. The van der Waals surface area contributed by atoms with Gasteiger partial charge in [0.15, 0.2) is 0 Å². The normalized spacial score (nSPS) is 12.6. The largest absolute Gasteiger partial charge is 0.445 e. The Morgan fingerprint density at radius 1 is 0.968 bits per heavy atom. The molecule has 0 saturated carbocycles. The molecule has 0 aromatic heterocycles. The number of hydrogen-bond donors (Lipinski definition) is 3. The lowest BCUT2D eigenvalue weighted by Crippen LogP contribution is -2.54. The Hall–Kier alpha value is -3.42. The molecule has 3 amide bonds. The third kappa shape index (κ3) is 8.08. The van der Waals surface area contributed by atoms with Crippen molar-refractivity contribution >= 4 is 17.9 Å². The summed E-state index contributed by atoms with van der Waals surface area (Å²) >= 11 is 0. The number of carbonyl (C=O) groups is 3. The average Bonchev–Trinajstić information content (AvgIpc) is 2.73. The molecule has 0 heterocycles. The predicted molar refractivity (Wildman–Crippen MR) is 114 cm³/mol. The van der Waals surface area contributed by atoms with Gasteiger partial charge in [0.1, 0.15) is 24.5 Å². The number of nitrogens with one attached hydrogen (secondary N) is 2. The van der Waals surface area contributed by atoms with E-state index in [-0.39, 0.29) is 24.5 Å². The molecular weight excluding hydrogens is 401 g/mol. The first-order valence-electron chi connectivity index (χ1n) is 10.1. The molecule has 0 bridgehead atoms. The van der Waals surface area contributed by atoms with E-state index in [1.807, 2.05) is 32.0 Å². The van der Waals surface area contributed by atoms with Crippen molar-refractivity contribution in [2.75, 3.05) is 0 Å². The highest BCUT2D eigenvalue weighted by molar-refractivity contribution is 5.90. The fourth-order valence-corrected chi connectivity index (χ4v) is 2.99. The average molecular weight is 429 g/mol. The zero-order valence-corrected chi connectivity index (χ0v) is 17.6. The van der Waals surface area contributed by atoms with Gasteiger partial charge in [-0.2, -0.15) is 0 Å². The number of benzene rings is 2. The van der Waals surface area contributed by atoms with Crippen molar-refractivity contribution < 1.29 is 23.5 Å². The summed E-state index contributed by atoms with van der Waals surface area (Å²) < 4.78 is 19.3. The van der Waals surface area contributed by atoms with Gasteiger partial charge in [-0.3, -0.25) is 9.59 Å². The van der Waals surface area contributed by atoms with Crippen molar-refractivity contribution in [1.82, 2.24) is 10.6 Å². The number of carbonyl (C=O) groups excluding carboxylic acids is 3. The highest BCUT2D eigenvalue weighted by Crippen LogP contribution is 2.11. The lowest BCUT2D eigenvalue weighted by molar-refractivity contribution is -0.128. The Kier molecular flexibility index (Phi) is 8.99. The van der Waals surface area contributed by atoms with Crippen molar-refractivity contribution in [1.29, 1.82) is 0 Å². The topological polar surface area (TPSA) is 111 Å². The molecule has 2 aromatic carbocycles. The van der Waals surface area contributed by atoms with Gasteiger partial charge in [0.2, 0.25) is 11.8 Å². The summed E-state index contributed by atoms with van der Waals surface area (Å²) in [6.07, 6.45) is -0.613. The van der Waals surface area contributed by atoms with Crippen LogP contribution in [-0.2, 0) is 27.4 Å². The van der Waals surface area contributed by atoms with Gasteiger partial charge < -0.3 is 21.1 Å². The highest BCUT2D eigenvalue weighted by atomic mass is 19.1. The molecular formula is C23H28FN3O4. The molecule has 8 heteroatoms. The molecule has 2 atom stereocenters. The van der Waals surface area contributed by atoms with E-state index < -0.39 is 35.8 Å². The number of hydrogen-bond acceptors (Lipinski definition) is 4. The van der Waals surface area contributed by atoms with Gasteiger partial charge in [-0.05, 0) is 29.5 Å². The van der Waals surface area contributed by atoms with E-state index in [0.717, 1.165) is 5.56 Å². The molecule has 0 aliphatic rings. The number of nitrogens with two attached hydrogens (primary N) is 1. The van der Waals surface area contributed by atoms with Crippen LogP contribution in [0.15, 0.2) is 54.6 Å². The van der Waals surface area contributed by atoms with Gasteiger partial charge in [0.25, 0.3) is 0 Å². The number of primary amides is 1. The minimum absolute atomic E-state index is 0.0119. The molecule has 166 valence electrons. The summed E-state index contributed by atoms with van der Waals surface area (Å²) in [6, 6.07) is 12.9. The van der Waals surface area contributed by atoms with Crippen molar-refractivity contribution in [2.45, 2.75) is 45.4 Å². The van der Waals surface area contributed by atoms with Gasteiger partial charge in [-0.15, -0.1) is 0 Å². The smallest absolute Gasteiger partial charge is 0.408 e. The highest BCUT2D eigenvalue weighted by Gasteiger charge is 2.27. The summed E-state index contributed by atoms with van der Waals surface area (Å²) in [4.78, 5) is 36.9. The summed E-state index contributed by atoms with van der Waals surface area (Å²) in [5.74, 6) is -1.73. The Bertz CT molecular complexity index is 889. The minimum atomic E-state index is -1.16. The van der Waals surface area contributed by atoms with E-state index >= 15 is 0 Å². The summed E-state index contributed by atoms with van der Waals surface area (Å²) in [5.41, 5.74) is 6.42. The first-order valence-corrected chi connectivity index (χ1v) is 10.1. The van der Waals surface area contributed by atoms with E-state index in [9.17, 15) is 18.8 Å². The molecule has 2 aromatic rings. The maximum absolute atomic E-state index is 14.1. The fraction of sp³-hybridized carbons (Fsp3) is 0.348. The second kappa shape index (κ2) is 11.7. The van der Waals surface area contributed by atoms with Crippen LogP contribution in [0.3, 0.4) is 0 Å². The number of halogens is 1. The summed E-state index contributed by atoms with van der Waals surface area (Å²) in [7, 11) is 0. The van der Waals surface area contributed by atoms with Crippen LogP contribution in [0.25, 0.3) is 0 Å². The molecule has 0 aliphatic carbocycles. The van der Waals surface area contributed by atoms with Crippen molar-refractivity contribution in [2.24, 2.45) is 11.7 Å². The molecule has 0 radical (unpaired) electrons. The second-order valence-corrected chi connectivity index (χ2v) is 7.65. The maximum atomic E-state index is 14.1. The second-order valence-electron chi connectivity index (χ2n) is 7.65. The quantitative estimate of drug-likeness (QED) is 0.539. The molecule has 0 aliphatic heterocycles. The van der Waals surface area contributed by atoms with Crippen molar-refractivity contribution in [3.05, 3.63) is 71.5 Å². The van der Waals surface area contributed by atoms with Gasteiger partial charge >= 0.3 is 6.09 Å². The van der Waals surface area contributed by atoms with Crippen LogP contribution in [-0.4, -0.2) is 30.0 Å². The van der Waals surface area contributed by atoms with Crippen molar-refractivity contribution in [3.8, 4) is 0 Å². The standard InChI is InChI=1S/C23H28FN3O4/c1-15(2)12-19(21(25)28)26-22(29)20(13-17-10-6-7-11-18(17)24)27-23(30)31-14-16-8-4-3-5-9-16/h3-11,15,19-20H,12-14H2,1-2H3,(H2,25,28)(H,26,29)(H,27,30)/t19-,20-/m0/s1. The molecule has 0 fully saturated rings. The lowest BCUT2D eigenvalue weighted by Gasteiger charge is -2.23. The molecule has 4 N–H and O–H groups in total. The van der Waals surface area contributed by atoms with Gasteiger partial charge in [0, 0.05) is 6.42 Å². The Labute approximate surface area is 181 Å². The van der Waals surface area contributed by atoms with Crippen LogP contribution < -0.4 is 16.4 Å². The minimum Gasteiger partial charge on any atom is -0.445 e. The molecule has 0 spiro atoms. The molecule has 2 rings (SSSR count). The fourth-order valence-electron chi connectivity index (χ4n) is 2.99. The van der Waals surface area contributed by atoms with Crippen LogP contribution >= 0.6 is 0 Å².